The number of nitrogens with zero attached hydrogens (tertiary/aromatic N) is 1. The van der Waals surface area contributed by atoms with E-state index in [1.54, 1.807) is 0 Å². The zero-order chi connectivity index (χ0) is 14.9. The number of nitriles is 1. The molecule has 0 saturated carbocycles. The zero-order valence-corrected chi connectivity index (χ0v) is 11.5. The van der Waals surface area contributed by atoms with Crippen LogP contribution in [0.2, 0.25) is 0 Å². The SMILES string of the molecule is N#CC(Cc1ccccc1)C(=O)NOCc1ccccc1. The van der Waals surface area contributed by atoms with Gasteiger partial charge in [0.15, 0.2) is 0 Å². The summed E-state index contributed by atoms with van der Waals surface area (Å²) in [6, 6.07) is 21.0. The van der Waals surface area contributed by atoms with E-state index in [0.29, 0.717) is 6.42 Å². The van der Waals surface area contributed by atoms with Gasteiger partial charge in [0.25, 0.3) is 5.91 Å². The largest absolute Gasteiger partial charge is 0.271 e. The second-order valence-electron chi connectivity index (χ2n) is 4.61. The maximum absolute atomic E-state index is 11.9. The molecule has 0 aromatic heterocycles. The van der Waals surface area contributed by atoms with Gasteiger partial charge in [-0.25, -0.2) is 5.48 Å². The van der Waals surface area contributed by atoms with Crippen molar-refractivity contribution in [2.45, 2.75) is 13.0 Å². The molecule has 0 spiro atoms. The summed E-state index contributed by atoms with van der Waals surface area (Å²) in [5, 5.41) is 9.11. The van der Waals surface area contributed by atoms with Crippen molar-refractivity contribution >= 4 is 5.91 Å². The van der Waals surface area contributed by atoms with Crippen LogP contribution in [0.15, 0.2) is 60.7 Å². The van der Waals surface area contributed by atoms with Gasteiger partial charge in [-0.2, -0.15) is 5.26 Å². The molecular weight excluding hydrogens is 264 g/mol. The standard InChI is InChI=1S/C17H16N2O2/c18-12-16(11-14-7-3-1-4-8-14)17(20)19-21-13-15-9-5-2-6-10-15/h1-10,16H,11,13H2,(H,19,20). The molecule has 1 amide bonds. The number of benzene rings is 2. The van der Waals surface area contributed by atoms with E-state index in [2.05, 4.69) is 5.48 Å². The van der Waals surface area contributed by atoms with Crippen molar-refractivity contribution in [2.24, 2.45) is 5.92 Å². The second-order valence-corrected chi connectivity index (χ2v) is 4.61. The number of hydrogen-bond donors (Lipinski definition) is 1. The number of hydrogen-bond acceptors (Lipinski definition) is 3. The van der Waals surface area contributed by atoms with Crippen molar-refractivity contribution < 1.29 is 9.63 Å². The van der Waals surface area contributed by atoms with E-state index in [0.717, 1.165) is 11.1 Å². The maximum Gasteiger partial charge on any atom is 0.261 e. The second kappa shape index (κ2) is 7.83. The van der Waals surface area contributed by atoms with Crippen molar-refractivity contribution in [1.82, 2.24) is 5.48 Å². The Hall–Kier alpha value is -2.64. The number of carbonyl (C=O) groups is 1. The Morgan fingerprint density at radius 2 is 1.62 bits per heavy atom. The average Bonchev–Trinajstić information content (AvgIpc) is 2.54. The van der Waals surface area contributed by atoms with Crippen molar-refractivity contribution in [3.8, 4) is 6.07 Å². The molecule has 0 bridgehead atoms. The van der Waals surface area contributed by atoms with Crippen LogP contribution < -0.4 is 5.48 Å². The molecule has 0 heterocycles. The fourth-order valence-electron chi connectivity index (χ4n) is 1.88. The van der Waals surface area contributed by atoms with Crippen LogP contribution in [0.1, 0.15) is 11.1 Å². The highest BCUT2D eigenvalue weighted by Gasteiger charge is 2.18. The molecule has 21 heavy (non-hydrogen) atoms. The van der Waals surface area contributed by atoms with Crippen LogP contribution >= 0.6 is 0 Å². The van der Waals surface area contributed by atoms with E-state index in [4.69, 9.17) is 10.1 Å². The van der Waals surface area contributed by atoms with Crippen LogP contribution in [-0.4, -0.2) is 5.91 Å². The highest BCUT2D eigenvalue weighted by atomic mass is 16.6. The summed E-state index contributed by atoms with van der Waals surface area (Å²) >= 11 is 0. The first-order chi connectivity index (χ1) is 10.3. The summed E-state index contributed by atoms with van der Waals surface area (Å²) in [7, 11) is 0. The molecule has 2 aromatic carbocycles. The normalized spacial score (nSPS) is 11.4. The molecule has 0 aliphatic heterocycles. The summed E-state index contributed by atoms with van der Waals surface area (Å²) in [4.78, 5) is 17.1. The van der Waals surface area contributed by atoms with Gasteiger partial charge in [-0.3, -0.25) is 9.63 Å². The number of carbonyl (C=O) groups excluding carboxylic acids is 1. The van der Waals surface area contributed by atoms with E-state index in [1.807, 2.05) is 66.7 Å². The van der Waals surface area contributed by atoms with Crippen LogP contribution in [0.25, 0.3) is 0 Å². The summed E-state index contributed by atoms with van der Waals surface area (Å²) in [6.07, 6.45) is 0.373. The molecule has 2 aromatic rings. The van der Waals surface area contributed by atoms with Gasteiger partial charge < -0.3 is 0 Å². The van der Waals surface area contributed by atoms with E-state index in [-0.39, 0.29) is 6.61 Å². The van der Waals surface area contributed by atoms with Gasteiger partial charge in [-0.1, -0.05) is 60.7 Å². The number of amides is 1. The first-order valence-corrected chi connectivity index (χ1v) is 6.68. The summed E-state index contributed by atoms with van der Waals surface area (Å²) in [5.41, 5.74) is 4.24. The summed E-state index contributed by atoms with van der Waals surface area (Å²) < 4.78 is 0. The molecule has 4 heteroatoms. The van der Waals surface area contributed by atoms with Gasteiger partial charge in [0.1, 0.15) is 5.92 Å². The van der Waals surface area contributed by atoms with Gasteiger partial charge in [0, 0.05) is 0 Å². The lowest BCUT2D eigenvalue weighted by atomic mass is 10.0. The van der Waals surface area contributed by atoms with Crippen LogP contribution in [-0.2, 0) is 22.7 Å². The lowest BCUT2D eigenvalue weighted by molar-refractivity contribution is -0.137. The Kier molecular flexibility index (Phi) is 5.50. The first kappa shape index (κ1) is 14.8. The zero-order valence-electron chi connectivity index (χ0n) is 11.5. The number of rotatable bonds is 6. The van der Waals surface area contributed by atoms with Crippen molar-refractivity contribution in [3.05, 3.63) is 71.8 Å². The fourth-order valence-corrected chi connectivity index (χ4v) is 1.88. The third-order valence-electron chi connectivity index (χ3n) is 3.01. The third-order valence-corrected chi connectivity index (χ3v) is 3.01. The van der Waals surface area contributed by atoms with E-state index in [9.17, 15) is 4.79 Å². The minimum absolute atomic E-state index is 0.274. The van der Waals surface area contributed by atoms with Gasteiger partial charge in [0.05, 0.1) is 12.7 Å². The molecule has 0 radical (unpaired) electrons. The summed E-state index contributed by atoms with van der Waals surface area (Å²) in [6.45, 7) is 0.274. The molecule has 1 N–H and O–H groups in total. The lowest BCUT2D eigenvalue weighted by Gasteiger charge is -2.10. The molecule has 0 fully saturated rings. The van der Waals surface area contributed by atoms with E-state index >= 15 is 0 Å². The molecular formula is C17H16N2O2. The highest BCUT2D eigenvalue weighted by molar-refractivity contribution is 5.80. The molecule has 1 atom stereocenters. The minimum Gasteiger partial charge on any atom is -0.271 e. The van der Waals surface area contributed by atoms with Crippen molar-refractivity contribution in [2.75, 3.05) is 0 Å². The van der Waals surface area contributed by atoms with Crippen LogP contribution in [0.3, 0.4) is 0 Å². The molecule has 106 valence electrons. The Labute approximate surface area is 123 Å². The Balaban J connectivity index is 1.82. The Morgan fingerprint density at radius 3 is 2.19 bits per heavy atom. The molecule has 1 unspecified atom stereocenters. The first-order valence-electron chi connectivity index (χ1n) is 6.68. The predicted octanol–water partition coefficient (Wildman–Crippen LogP) is 2.62. The molecule has 4 nitrogen and oxygen atoms in total. The van der Waals surface area contributed by atoms with Crippen molar-refractivity contribution in [3.63, 3.8) is 0 Å². The Bertz CT molecular complexity index is 606. The Morgan fingerprint density at radius 1 is 1.05 bits per heavy atom. The van der Waals surface area contributed by atoms with E-state index in [1.165, 1.54) is 0 Å². The smallest absolute Gasteiger partial charge is 0.261 e. The highest BCUT2D eigenvalue weighted by Crippen LogP contribution is 2.08. The van der Waals surface area contributed by atoms with Crippen molar-refractivity contribution in [1.29, 1.82) is 5.26 Å². The van der Waals surface area contributed by atoms with E-state index < -0.39 is 11.8 Å². The van der Waals surface area contributed by atoms with Gasteiger partial charge >= 0.3 is 0 Å². The van der Waals surface area contributed by atoms with Gasteiger partial charge in [-0.05, 0) is 17.5 Å². The lowest BCUT2D eigenvalue weighted by Crippen LogP contribution is -2.31. The van der Waals surface area contributed by atoms with Gasteiger partial charge in [-0.15, -0.1) is 0 Å². The molecule has 0 saturated heterocycles. The quantitative estimate of drug-likeness (QED) is 0.827. The fraction of sp³-hybridized carbons (Fsp3) is 0.176. The molecule has 0 aliphatic carbocycles. The minimum atomic E-state index is -0.761. The monoisotopic (exact) mass is 280 g/mol. The maximum atomic E-state index is 11.9. The molecule has 0 aliphatic rings. The topological polar surface area (TPSA) is 62.1 Å². The summed E-state index contributed by atoms with van der Waals surface area (Å²) in [5.74, 6) is -1.18. The average molecular weight is 280 g/mol. The van der Waals surface area contributed by atoms with Crippen LogP contribution in [0.5, 0.6) is 0 Å². The van der Waals surface area contributed by atoms with Crippen LogP contribution in [0.4, 0.5) is 0 Å². The molecule has 2 rings (SSSR count). The third kappa shape index (κ3) is 4.75. The van der Waals surface area contributed by atoms with Crippen LogP contribution in [0, 0.1) is 17.2 Å². The van der Waals surface area contributed by atoms with Gasteiger partial charge in [0.2, 0.25) is 0 Å². The number of nitrogens with one attached hydrogen (secondary N) is 1. The number of hydroxylamine groups is 1. The predicted molar refractivity (Wildman–Crippen MR) is 78.6 cm³/mol.